The molecule has 0 saturated carbocycles. The van der Waals surface area contributed by atoms with Gasteiger partial charge in [0.2, 0.25) is 0 Å². The van der Waals surface area contributed by atoms with E-state index in [4.69, 9.17) is 0 Å². The molecule has 1 aliphatic rings. The number of hydrogen-bond acceptors (Lipinski definition) is 3. The van der Waals surface area contributed by atoms with E-state index in [9.17, 15) is 5.11 Å². The van der Waals surface area contributed by atoms with Gasteiger partial charge < -0.3 is 10.4 Å². The number of anilines is 1. The first-order valence-electron chi connectivity index (χ1n) is 5.84. The molecule has 1 unspecified atom stereocenters. The molecule has 18 heavy (non-hydrogen) atoms. The van der Waals surface area contributed by atoms with Gasteiger partial charge in [0.25, 0.3) is 0 Å². The van der Waals surface area contributed by atoms with Gasteiger partial charge in [0.1, 0.15) is 5.60 Å². The molecule has 2 N–H and O–H groups in total. The normalized spacial score (nSPS) is 21.4. The second-order valence-corrected chi connectivity index (χ2v) is 5.49. The third-order valence-corrected chi connectivity index (χ3v) is 3.75. The molecule has 3 rings (SSSR count). The van der Waals surface area contributed by atoms with Crippen LogP contribution in [0.3, 0.4) is 0 Å². The third kappa shape index (κ3) is 2.02. The summed E-state index contributed by atoms with van der Waals surface area (Å²) in [4.78, 5) is 4.28. The minimum atomic E-state index is -0.881. The molecule has 0 fully saturated rings. The maximum Gasteiger partial charge on any atom is 0.114 e. The molecule has 0 radical (unpaired) electrons. The van der Waals surface area contributed by atoms with Crippen molar-refractivity contribution in [1.29, 1.82) is 0 Å². The molecule has 3 nitrogen and oxygen atoms in total. The number of nitrogens with zero attached hydrogens (tertiary/aromatic N) is 1. The molecule has 1 aromatic carbocycles. The Morgan fingerprint density at radius 2 is 2.22 bits per heavy atom. The highest BCUT2D eigenvalue weighted by molar-refractivity contribution is 9.10. The number of benzene rings is 1. The van der Waals surface area contributed by atoms with E-state index >= 15 is 0 Å². The summed E-state index contributed by atoms with van der Waals surface area (Å²) in [7, 11) is 0. The van der Waals surface area contributed by atoms with Crippen molar-refractivity contribution in [2.75, 3.05) is 11.9 Å². The molecule has 1 aliphatic heterocycles. The lowest BCUT2D eigenvalue weighted by Gasteiger charge is -2.22. The third-order valence-electron chi connectivity index (χ3n) is 3.25. The van der Waals surface area contributed by atoms with Gasteiger partial charge in [0.05, 0.1) is 0 Å². The Kier molecular flexibility index (Phi) is 2.84. The highest BCUT2D eigenvalue weighted by atomic mass is 79.9. The summed E-state index contributed by atoms with van der Waals surface area (Å²) in [6, 6.07) is 11.7. The Bertz CT molecular complexity index is 573. The fraction of sp³-hybridized carbons (Fsp3) is 0.214. The molecule has 92 valence electrons. The van der Waals surface area contributed by atoms with E-state index in [0.29, 0.717) is 13.0 Å². The average molecular weight is 305 g/mol. The minimum Gasteiger partial charge on any atom is -0.383 e. The van der Waals surface area contributed by atoms with Crippen molar-refractivity contribution in [3.05, 3.63) is 58.3 Å². The van der Waals surface area contributed by atoms with E-state index in [1.807, 2.05) is 36.4 Å². The maximum atomic E-state index is 10.8. The lowest BCUT2D eigenvalue weighted by atomic mass is 9.91. The topological polar surface area (TPSA) is 45.2 Å². The summed E-state index contributed by atoms with van der Waals surface area (Å²) in [5, 5.41) is 14.0. The predicted molar refractivity (Wildman–Crippen MR) is 74.5 cm³/mol. The summed E-state index contributed by atoms with van der Waals surface area (Å²) in [5.41, 5.74) is 1.95. The number of halogens is 1. The predicted octanol–water partition coefficient (Wildman–Crippen LogP) is 2.70. The Hall–Kier alpha value is -1.39. The Labute approximate surface area is 114 Å². The quantitative estimate of drug-likeness (QED) is 0.896. The lowest BCUT2D eigenvalue weighted by Crippen LogP contribution is -2.31. The van der Waals surface area contributed by atoms with Crippen LogP contribution < -0.4 is 5.32 Å². The van der Waals surface area contributed by atoms with Crippen molar-refractivity contribution >= 4 is 21.6 Å². The van der Waals surface area contributed by atoms with Crippen molar-refractivity contribution in [3.8, 4) is 0 Å². The molecule has 0 spiro atoms. The van der Waals surface area contributed by atoms with Gasteiger partial charge in [-0.2, -0.15) is 0 Å². The number of rotatable bonds is 2. The number of aromatic nitrogens is 1. The van der Waals surface area contributed by atoms with Gasteiger partial charge in [-0.25, -0.2) is 0 Å². The second kappa shape index (κ2) is 4.37. The number of fused-ring (bicyclic) bond motifs is 1. The molecular weight excluding hydrogens is 292 g/mol. The Morgan fingerprint density at radius 1 is 1.33 bits per heavy atom. The SMILES string of the molecule is OC1(Cc2ccccn2)CNc2ccc(Br)cc21. The lowest BCUT2D eigenvalue weighted by molar-refractivity contribution is 0.0574. The number of β-amino-alcohol motifs (C(OH)–C–C–N with tert-alkyl or cyclic N) is 1. The molecule has 0 bridgehead atoms. The molecule has 2 aromatic rings. The van der Waals surface area contributed by atoms with Gasteiger partial charge in [-0.1, -0.05) is 22.0 Å². The molecule has 0 saturated heterocycles. The zero-order valence-corrected chi connectivity index (χ0v) is 11.3. The smallest absolute Gasteiger partial charge is 0.114 e. The number of hydrogen-bond donors (Lipinski definition) is 2. The monoisotopic (exact) mass is 304 g/mol. The van der Waals surface area contributed by atoms with Crippen molar-refractivity contribution < 1.29 is 5.11 Å². The number of pyridine rings is 1. The van der Waals surface area contributed by atoms with Crippen LogP contribution in [-0.4, -0.2) is 16.6 Å². The molecule has 2 heterocycles. The summed E-state index contributed by atoms with van der Waals surface area (Å²) in [6.07, 6.45) is 2.27. The zero-order chi connectivity index (χ0) is 12.6. The summed E-state index contributed by atoms with van der Waals surface area (Å²) < 4.78 is 0.976. The molecule has 4 heteroatoms. The van der Waals surface area contributed by atoms with Gasteiger partial charge in [0.15, 0.2) is 0 Å². The average Bonchev–Trinajstić information content (AvgIpc) is 2.68. The second-order valence-electron chi connectivity index (χ2n) is 4.57. The molecule has 1 aromatic heterocycles. The van der Waals surface area contributed by atoms with Gasteiger partial charge >= 0.3 is 0 Å². The van der Waals surface area contributed by atoms with Crippen molar-refractivity contribution in [1.82, 2.24) is 4.98 Å². The van der Waals surface area contributed by atoms with Crippen LogP contribution in [0.5, 0.6) is 0 Å². The first-order valence-corrected chi connectivity index (χ1v) is 6.63. The standard InChI is InChI=1S/C14H13BrN2O/c15-10-4-5-13-12(7-10)14(18,9-17-13)8-11-3-1-2-6-16-11/h1-7,17-18H,8-9H2. The highest BCUT2D eigenvalue weighted by Gasteiger charge is 2.37. The maximum absolute atomic E-state index is 10.8. The molecular formula is C14H13BrN2O. The number of nitrogens with one attached hydrogen (secondary N) is 1. The fourth-order valence-corrected chi connectivity index (χ4v) is 2.71. The summed E-state index contributed by atoms with van der Waals surface area (Å²) in [5.74, 6) is 0. The van der Waals surface area contributed by atoms with Gasteiger partial charge in [0, 0.05) is 40.6 Å². The van der Waals surface area contributed by atoms with Crippen LogP contribution in [0.2, 0.25) is 0 Å². The molecule has 1 atom stereocenters. The van der Waals surface area contributed by atoms with Gasteiger partial charge in [-0.15, -0.1) is 0 Å². The van der Waals surface area contributed by atoms with E-state index in [-0.39, 0.29) is 0 Å². The van der Waals surface area contributed by atoms with E-state index in [1.165, 1.54) is 0 Å². The molecule has 0 aliphatic carbocycles. The van der Waals surface area contributed by atoms with Gasteiger partial charge in [-0.05, 0) is 30.3 Å². The van der Waals surface area contributed by atoms with Crippen LogP contribution in [-0.2, 0) is 12.0 Å². The van der Waals surface area contributed by atoms with E-state index < -0.39 is 5.60 Å². The van der Waals surface area contributed by atoms with E-state index in [0.717, 1.165) is 21.4 Å². The van der Waals surface area contributed by atoms with Crippen molar-refractivity contribution in [2.24, 2.45) is 0 Å². The molecule has 0 amide bonds. The Morgan fingerprint density at radius 3 is 3.00 bits per heavy atom. The van der Waals surface area contributed by atoms with E-state index in [1.54, 1.807) is 6.20 Å². The zero-order valence-electron chi connectivity index (χ0n) is 9.73. The summed E-state index contributed by atoms with van der Waals surface area (Å²) >= 11 is 3.45. The van der Waals surface area contributed by atoms with Crippen molar-refractivity contribution in [2.45, 2.75) is 12.0 Å². The van der Waals surface area contributed by atoms with Crippen LogP contribution in [0.15, 0.2) is 47.1 Å². The van der Waals surface area contributed by atoms with E-state index in [2.05, 4.69) is 26.2 Å². The number of aliphatic hydroxyl groups is 1. The van der Waals surface area contributed by atoms with Crippen LogP contribution >= 0.6 is 15.9 Å². The van der Waals surface area contributed by atoms with Crippen LogP contribution in [0.4, 0.5) is 5.69 Å². The first kappa shape index (κ1) is 11.7. The van der Waals surface area contributed by atoms with Crippen LogP contribution in [0.25, 0.3) is 0 Å². The largest absolute Gasteiger partial charge is 0.383 e. The minimum absolute atomic E-state index is 0.518. The Balaban J connectivity index is 1.96. The fourth-order valence-electron chi connectivity index (χ4n) is 2.35. The summed E-state index contributed by atoms with van der Waals surface area (Å²) in [6.45, 7) is 0.523. The van der Waals surface area contributed by atoms with Crippen LogP contribution in [0, 0.1) is 0 Å². The van der Waals surface area contributed by atoms with Crippen molar-refractivity contribution in [3.63, 3.8) is 0 Å². The highest BCUT2D eigenvalue weighted by Crippen LogP contribution is 2.38. The van der Waals surface area contributed by atoms with Crippen LogP contribution in [0.1, 0.15) is 11.3 Å². The van der Waals surface area contributed by atoms with Gasteiger partial charge in [-0.3, -0.25) is 4.98 Å². The first-order chi connectivity index (χ1) is 8.67.